The summed E-state index contributed by atoms with van der Waals surface area (Å²) in [6, 6.07) is 13.1. The topological polar surface area (TPSA) is 37.3 Å². The number of anilines is 1. The standard InChI is InChI=1S/C27H35N3/c1-18(2)22-12-7-13-23(19(3)4)27(22)29-17-21-11-6-15-25(30-21)24-14-5-9-20-10-8-16-28-26(20)24/h5-6,9,11-12,14-15,17-19,23,27-28H,7-8,10,13,16H2,1-4H3/b29-17+. The summed E-state index contributed by atoms with van der Waals surface area (Å²) in [6.07, 6.45) is 9.18. The van der Waals surface area contributed by atoms with Crippen LogP contribution in [-0.2, 0) is 6.42 Å². The maximum Gasteiger partial charge on any atom is 0.0815 e. The molecule has 2 aliphatic rings. The molecular formula is C27H35N3. The lowest BCUT2D eigenvalue weighted by molar-refractivity contribution is 0.301. The first kappa shape index (κ1) is 20.8. The highest BCUT2D eigenvalue weighted by atomic mass is 14.9. The van der Waals surface area contributed by atoms with Crippen molar-refractivity contribution in [2.45, 2.75) is 59.4 Å². The van der Waals surface area contributed by atoms with E-state index in [-0.39, 0.29) is 6.04 Å². The van der Waals surface area contributed by atoms with Gasteiger partial charge in [0.15, 0.2) is 0 Å². The van der Waals surface area contributed by atoms with Gasteiger partial charge in [0, 0.05) is 24.0 Å². The van der Waals surface area contributed by atoms with Gasteiger partial charge in [-0.1, -0.05) is 58.0 Å². The molecule has 1 N–H and O–H groups in total. The van der Waals surface area contributed by atoms with E-state index in [9.17, 15) is 0 Å². The number of allylic oxidation sites excluding steroid dienone is 1. The van der Waals surface area contributed by atoms with E-state index < -0.39 is 0 Å². The van der Waals surface area contributed by atoms with Crippen molar-refractivity contribution in [3.05, 3.63) is 59.3 Å². The second-order valence-corrected chi connectivity index (χ2v) is 9.38. The lowest BCUT2D eigenvalue weighted by Gasteiger charge is -2.34. The Balaban J connectivity index is 1.64. The van der Waals surface area contributed by atoms with Crippen molar-refractivity contribution in [3.63, 3.8) is 0 Å². The SMILES string of the molecule is CC(C)C1=CCCC(C(C)C)C1/N=C/c1cccc(-c2cccc3c2NCCC3)n1. The predicted octanol–water partition coefficient (Wildman–Crippen LogP) is 6.54. The van der Waals surface area contributed by atoms with Gasteiger partial charge in [-0.3, -0.25) is 4.99 Å². The molecule has 158 valence electrons. The quantitative estimate of drug-likeness (QED) is 0.456. The minimum atomic E-state index is 0.273. The number of rotatable bonds is 5. The normalized spacial score (nSPS) is 21.6. The number of fused-ring (bicyclic) bond motifs is 1. The third kappa shape index (κ3) is 4.35. The number of nitrogens with zero attached hydrogens (tertiary/aromatic N) is 2. The lowest BCUT2D eigenvalue weighted by Crippen LogP contribution is -2.30. The molecule has 0 amide bonds. The molecule has 1 aliphatic carbocycles. The number of aryl methyl sites for hydroxylation is 1. The van der Waals surface area contributed by atoms with Crippen molar-refractivity contribution in [3.8, 4) is 11.3 Å². The Hall–Kier alpha value is -2.42. The van der Waals surface area contributed by atoms with Gasteiger partial charge in [-0.05, 0) is 66.7 Å². The molecule has 2 atom stereocenters. The Bertz CT molecular complexity index is 939. The van der Waals surface area contributed by atoms with Gasteiger partial charge in [0.1, 0.15) is 0 Å². The summed E-state index contributed by atoms with van der Waals surface area (Å²) in [6.45, 7) is 10.3. The molecule has 0 bridgehead atoms. The van der Waals surface area contributed by atoms with Gasteiger partial charge in [-0.25, -0.2) is 4.98 Å². The number of aromatic nitrogens is 1. The van der Waals surface area contributed by atoms with Crippen molar-refractivity contribution in [1.29, 1.82) is 0 Å². The van der Waals surface area contributed by atoms with Gasteiger partial charge < -0.3 is 5.32 Å². The van der Waals surface area contributed by atoms with E-state index in [4.69, 9.17) is 9.98 Å². The van der Waals surface area contributed by atoms with Crippen molar-refractivity contribution in [1.82, 2.24) is 4.98 Å². The summed E-state index contributed by atoms with van der Waals surface area (Å²) >= 11 is 0. The van der Waals surface area contributed by atoms with Crippen LogP contribution < -0.4 is 5.32 Å². The zero-order valence-corrected chi connectivity index (χ0v) is 18.9. The number of hydrogen-bond donors (Lipinski definition) is 1. The average molecular weight is 402 g/mol. The van der Waals surface area contributed by atoms with E-state index >= 15 is 0 Å². The minimum absolute atomic E-state index is 0.273. The Kier molecular flexibility index (Phi) is 6.36. The van der Waals surface area contributed by atoms with Crippen LogP contribution in [0.15, 0.2) is 53.0 Å². The highest BCUT2D eigenvalue weighted by Gasteiger charge is 2.30. The summed E-state index contributed by atoms with van der Waals surface area (Å²) in [7, 11) is 0. The highest BCUT2D eigenvalue weighted by Crippen LogP contribution is 2.36. The first-order valence-corrected chi connectivity index (χ1v) is 11.6. The van der Waals surface area contributed by atoms with Crippen LogP contribution in [0.5, 0.6) is 0 Å². The summed E-state index contributed by atoms with van der Waals surface area (Å²) in [5.41, 5.74) is 7.30. The van der Waals surface area contributed by atoms with E-state index in [1.54, 1.807) is 0 Å². The molecule has 1 aromatic heterocycles. The van der Waals surface area contributed by atoms with Crippen molar-refractivity contribution in [2.24, 2.45) is 22.7 Å². The summed E-state index contributed by atoms with van der Waals surface area (Å²) in [5.74, 6) is 1.78. The van der Waals surface area contributed by atoms with Gasteiger partial charge in [-0.15, -0.1) is 0 Å². The van der Waals surface area contributed by atoms with Gasteiger partial charge in [0.05, 0.1) is 17.4 Å². The smallest absolute Gasteiger partial charge is 0.0815 e. The lowest BCUT2D eigenvalue weighted by atomic mass is 9.75. The third-order valence-corrected chi connectivity index (χ3v) is 6.64. The molecule has 0 spiro atoms. The Labute approximate surface area is 181 Å². The van der Waals surface area contributed by atoms with Crippen molar-refractivity contribution < 1.29 is 0 Å². The molecule has 3 heteroatoms. The summed E-state index contributed by atoms with van der Waals surface area (Å²) in [4.78, 5) is 10.1. The molecule has 0 fully saturated rings. The van der Waals surface area contributed by atoms with Crippen LogP contribution in [0.1, 0.15) is 58.2 Å². The average Bonchev–Trinajstić information content (AvgIpc) is 2.77. The number of nitrogens with one attached hydrogen (secondary N) is 1. The molecule has 1 aromatic carbocycles. The molecule has 2 unspecified atom stereocenters. The van der Waals surface area contributed by atoms with E-state index in [1.807, 2.05) is 6.21 Å². The molecule has 4 rings (SSSR count). The molecule has 0 radical (unpaired) electrons. The number of hydrogen-bond acceptors (Lipinski definition) is 3. The molecule has 0 saturated heterocycles. The van der Waals surface area contributed by atoms with Crippen LogP contribution in [0.2, 0.25) is 0 Å². The monoisotopic (exact) mass is 401 g/mol. The zero-order valence-electron chi connectivity index (χ0n) is 18.9. The second-order valence-electron chi connectivity index (χ2n) is 9.38. The Morgan fingerprint density at radius 2 is 1.93 bits per heavy atom. The van der Waals surface area contributed by atoms with Gasteiger partial charge in [0.25, 0.3) is 0 Å². The van der Waals surface area contributed by atoms with Gasteiger partial charge in [0.2, 0.25) is 0 Å². The Morgan fingerprint density at radius 3 is 2.73 bits per heavy atom. The van der Waals surface area contributed by atoms with E-state index in [1.165, 1.54) is 41.6 Å². The molecule has 2 heterocycles. The maximum absolute atomic E-state index is 5.11. The zero-order chi connectivity index (χ0) is 21.1. The largest absolute Gasteiger partial charge is 0.384 e. The Morgan fingerprint density at radius 1 is 1.10 bits per heavy atom. The minimum Gasteiger partial charge on any atom is -0.384 e. The number of aliphatic imine (C=N–C) groups is 1. The van der Waals surface area contributed by atoms with Gasteiger partial charge >= 0.3 is 0 Å². The van der Waals surface area contributed by atoms with Crippen LogP contribution in [0.4, 0.5) is 5.69 Å². The summed E-state index contributed by atoms with van der Waals surface area (Å²) < 4.78 is 0. The van der Waals surface area contributed by atoms with Crippen molar-refractivity contribution in [2.75, 3.05) is 11.9 Å². The van der Waals surface area contributed by atoms with Crippen LogP contribution >= 0.6 is 0 Å². The fraction of sp³-hybridized carbons (Fsp3) is 0.481. The number of para-hydroxylation sites is 1. The van der Waals surface area contributed by atoms with Crippen LogP contribution in [0, 0.1) is 17.8 Å². The van der Waals surface area contributed by atoms with E-state index in [0.717, 1.165) is 24.4 Å². The predicted molar refractivity (Wildman–Crippen MR) is 128 cm³/mol. The molecule has 0 saturated carbocycles. The maximum atomic E-state index is 5.11. The molecule has 2 aromatic rings. The molecular weight excluding hydrogens is 366 g/mol. The fourth-order valence-electron chi connectivity index (χ4n) is 4.99. The highest BCUT2D eigenvalue weighted by molar-refractivity contribution is 5.82. The van der Waals surface area contributed by atoms with Crippen LogP contribution in [-0.4, -0.2) is 23.8 Å². The number of benzene rings is 1. The summed E-state index contributed by atoms with van der Waals surface area (Å²) in [5, 5.41) is 3.59. The van der Waals surface area contributed by atoms with E-state index in [0.29, 0.717) is 17.8 Å². The first-order chi connectivity index (χ1) is 14.5. The first-order valence-electron chi connectivity index (χ1n) is 11.6. The molecule has 1 aliphatic heterocycles. The fourth-order valence-corrected chi connectivity index (χ4v) is 4.99. The van der Waals surface area contributed by atoms with Crippen LogP contribution in [0.25, 0.3) is 11.3 Å². The second kappa shape index (κ2) is 9.16. The third-order valence-electron chi connectivity index (χ3n) is 6.64. The van der Waals surface area contributed by atoms with Crippen LogP contribution in [0.3, 0.4) is 0 Å². The molecule has 3 nitrogen and oxygen atoms in total. The van der Waals surface area contributed by atoms with E-state index in [2.05, 4.69) is 75.5 Å². The van der Waals surface area contributed by atoms with Crippen molar-refractivity contribution >= 4 is 11.9 Å². The number of pyridine rings is 1. The molecule has 30 heavy (non-hydrogen) atoms. The van der Waals surface area contributed by atoms with Gasteiger partial charge in [-0.2, -0.15) is 0 Å².